The fourth-order valence-corrected chi connectivity index (χ4v) is 1.09. The number of ketones is 1. The molecule has 0 radical (unpaired) electrons. The van der Waals surface area contributed by atoms with Crippen LogP contribution in [0.3, 0.4) is 0 Å². The van der Waals surface area contributed by atoms with Crippen molar-refractivity contribution in [3.05, 3.63) is 30.2 Å². The molecule has 2 aromatic rings. The van der Waals surface area contributed by atoms with Gasteiger partial charge in [0.1, 0.15) is 0 Å². The zero-order chi connectivity index (χ0) is 11.1. The summed E-state index contributed by atoms with van der Waals surface area (Å²) in [5.74, 6) is -1.92. The molecule has 0 aliphatic rings. The van der Waals surface area contributed by atoms with Gasteiger partial charge in [-0.15, -0.1) is 0 Å². The van der Waals surface area contributed by atoms with Crippen LogP contribution < -0.4 is 0 Å². The summed E-state index contributed by atoms with van der Waals surface area (Å²) in [7, 11) is 0. The molecule has 4 nitrogen and oxygen atoms in total. The minimum atomic E-state index is -4.89. The van der Waals surface area contributed by atoms with Crippen LogP contribution in [-0.2, 0) is 0 Å². The van der Waals surface area contributed by atoms with Gasteiger partial charge >= 0.3 is 6.18 Å². The lowest BCUT2D eigenvalue weighted by atomic mass is 10.2. The molecule has 0 saturated carbocycles. The summed E-state index contributed by atoms with van der Waals surface area (Å²) in [4.78, 5) is 14.5. The van der Waals surface area contributed by atoms with E-state index in [0.29, 0.717) is 5.65 Å². The molecule has 15 heavy (non-hydrogen) atoms. The lowest BCUT2D eigenvalue weighted by Gasteiger charge is -2.04. The topological polar surface area (TPSA) is 47.3 Å². The van der Waals surface area contributed by atoms with E-state index in [4.69, 9.17) is 0 Å². The lowest BCUT2D eigenvalue weighted by molar-refractivity contribution is -0.0885. The summed E-state index contributed by atoms with van der Waals surface area (Å²) < 4.78 is 37.3. The van der Waals surface area contributed by atoms with Crippen molar-refractivity contribution in [2.75, 3.05) is 0 Å². The second kappa shape index (κ2) is 3.04. The maximum Gasteiger partial charge on any atom is 0.454 e. The number of Topliss-reactive ketones (excluding diaryl/α,β-unsaturated/α-hetero) is 1. The van der Waals surface area contributed by atoms with Crippen LogP contribution in [0.1, 0.15) is 10.4 Å². The predicted octanol–water partition coefficient (Wildman–Crippen LogP) is 1.47. The highest BCUT2D eigenvalue weighted by Gasteiger charge is 2.39. The first-order valence-electron chi connectivity index (χ1n) is 3.89. The van der Waals surface area contributed by atoms with E-state index in [2.05, 4.69) is 10.1 Å². The molecule has 0 aliphatic carbocycles. The van der Waals surface area contributed by atoms with Gasteiger partial charge in [0.2, 0.25) is 0 Å². The fraction of sp³-hybridized carbons (Fsp3) is 0.125. The Morgan fingerprint density at radius 2 is 2.13 bits per heavy atom. The molecule has 2 rings (SSSR count). The third-order valence-corrected chi connectivity index (χ3v) is 1.77. The van der Waals surface area contributed by atoms with Crippen LogP contribution in [0.5, 0.6) is 0 Å². The number of alkyl halides is 3. The third-order valence-electron chi connectivity index (χ3n) is 1.77. The Balaban J connectivity index is 2.49. The molecule has 0 aliphatic heterocycles. The normalized spacial score (nSPS) is 11.9. The Hall–Kier alpha value is -1.92. The molecule has 2 aromatic heterocycles. The van der Waals surface area contributed by atoms with E-state index in [0.717, 1.165) is 16.9 Å². The summed E-state index contributed by atoms with van der Waals surface area (Å²) in [5, 5.41) is 3.68. The maximum absolute atomic E-state index is 12.1. The average molecular weight is 215 g/mol. The lowest BCUT2D eigenvalue weighted by Crippen LogP contribution is -2.23. The van der Waals surface area contributed by atoms with Crippen LogP contribution in [0.25, 0.3) is 5.65 Å². The Morgan fingerprint density at radius 3 is 2.80 bits per heavy atom. The molecule has 0 spiro atoms. The van der Waals surface area contributed by atoms with E-state index in [-0.39, 0.29) is 0 Å². The van der Waals surface area contributed by atoms with Crippen molar-refractivity contribution in [3.63, 3.8) is 0 Å². The highest BCUT2D eigenvalue weighted by molar-refractivity contribution is 5.99. The van der Waals surface area contributed by atoms with Crippen LogP contribution in [0, 0.1) is 0 Å². The smallest absolute Gasteiger partial charge is 0.284 e. The number of nitrogens with zero attached hydrogens (tertiary/aromatic N) is 3. The molecule has 0 saturated heterocycles. The molecule has 78 valence electrons. The quantitative estimate of drug-likeness (QED) is 0.677. The van der Waals surface area contributed by atoms with Gasteiger partial charge in [0.15, 0.2) is 5.65 Å². The molecule has 0 atom stereocenters. The molecule has 0 N–H and O–H groups in total. The van der Waals surface area contributed by atoms with Crippen LogP contribution in [0.2, 0.25) is 0 Å². The minimum absolute atomic E-state index is 0.383. The van der Waals surface area contributed by atoms with Crippen molar-refractivity contribution >= 4 is 11.4 Å². The first-order valence-corrected chi connectivity index (χ1v) is 3.89. The molecule has 0 amide bonds. The number of carbonyl (C=O) groups excluding carboxylic acids is 1. The van der Waals surface area contributed by atoms with E-state index < -0.39 is 17.5 Å². The molecule has 0 fully saturated rings. The van der Waals surface area contributed by atoms with Crippen molar-refractivity contribution < 1.29 is 18.0 Å². The Labute approximate surface area is 81.3 Å². The molecule has 2 heterocycles. The standard InChI is InChI=1S/C8H4F3N3O/c9-8(10,11)7(15)5-3-12-6-1-2-13-14(6)4-5/h1-4H. The van der Waals surface area contributed by atoms with E-state index in [1.54, 1.807) is 0 Å². The summed E-state index contributed by atoms with van der Waals surface area (Å²) in [6, 6.07) is 1.52. The summed E-state index contributed by atoms with van der Waals surface area (Å²) in [6.07, 6.45) is -1.63. The first-order chi connectivity index (χ1) is 6.98. The van der Waals surface area contributed by atoms with E-state index in [1.807, 2.05) is 0 Å². The Morgan fingerprint density at radius 1 is 1.40 bits per heavy atom. The van der Waals surface area contributed by atoms with Gasteiger partial charge in [-0.2, -0.15) is 18.3 Å². The highest BCUT2D eigenvalue weighted by atomic mass is 19.4. The highest BCUT2D eigenvalue weighted by Crippen LogP contribution is 2.20. The molecular weight excluding hydrogens is 211 g/mol. The zero-order valence-corrected chi connectivity index (χ0v) is 7.19. The first kappa shape index (κ1) is 9.63. The largest absolute Gasteiger partial charge is 0.454 e. The van der Waals surface area contributed by atoms with Gasteiger partial charge < -0.3 is 0 Å². The average Bonchev–Trinajstić information content (AvgIpc) is 2.61. The van der Waals surface area contributed by atoms with Crippen molar-refractivity contribution in [3.8, 4) is 0 Å². The number of fused-ring (bicyclic) bond motifs is 1. The number of hydrogen-bond donors (Lipinski definition) is 0. The predicted molar refractivity (Wildman–Crippen MR) is 43.4 cm³/mol. The second-order valence-corrected chi connectivity index (χ2v) is 2.80. The van der Waals surface area contributed by atoms with Gasteiger partial charge in [-0.1, -0.05) is 0 Å². The molecule has 7 heteroatoms. The molecule has 0 unspecified atom stereocenters. The van der Waals surface area contributed by atoms with Gasteiger partial charge in [0.05, 0.1) is 11.8 Å². The van der Waals surface area contributed by atoms with Gasteiger partial charge in [0, 0.05) is 18.5 Å². The summed E-state index contributed by atoms with van der Waals surface area (Å²) in [5.41, 5.74) is -0.146. The number of hydrogen-bond acceptors (Lipinski definition) is 3. The zero-order valence-electron chi connectivity index (χ0n) is 7.19. The van der Waals surface area contributed by atoms with Gasteiger partial charge in [-0.05, 0) is 0 Å². The second-order valence-electron chi connectivity index (χ2n) is 2.80. The maximum atomic E-state index is 12.1. The Bertz CT molecular complexity index is 517. The van der Waals surface area contributed by atoms with Crippen molar-refractivity contribution in [2.24, 2.45) is 0 Å². The summed E-state index contributed by atoms with van der Waals surface area (Å²) in [6.45, 7) is 0. The van der Waals surface area contributed by atoms with Crippen LogP contribution in [0.4, 0.5) is 13.2 Å². The number of halogens is 3. The van der Waals surface area contributed by atoms with Gasteiger partial charge in [-0.3, -0.25) is 4.79 Å². The summed E-state index contributed by atoms with van der Waals surface area (Å²) >= 11 is 0. The van der Waals surface area contributed by atoms with Gasteiger partial charge in [-0.25, -0.2) is 9.50 Å². The number of rotatable bonds is 1. The third kappa shape index (κ3) is 1.67. The van der Waals surface area contributed by atoms with Crippen molar-refractivity contribution in [1.82, 2.24) is 14.6 Å². The number of carbonyl (C=O) groups is 1. The minimum Gasteiger partial charge on any atom is -0.284 e. The monoisotopic (exact) mass is 215 g/mol. The van der Waals surface area contributed by atoms with Gasteiger partial charge in [0.25, 0.3) is 5.78 Å². The van der Waals surface area contributed by atoms with Crippen LogP contribution in [-0.4, -0.2) is 26.6 Å². The molecule has 0 aromatic carbocycles. The van der Waals surface area contributed by atoms with Crippen molar-refractivity contribution in [1.29, 1.82) is 0 Å². The fourth-order valence-electron chi connectivity index (χ4n) is 1.09. The Kier molecular flexibility index (Phi) is 1.95. The van der Waals surface area contributed by atoms with E-state index >= 15 is 0 Å². The van der Waals surface area contributed by atoms with Crippen LogP contribution >= 0.6 is 0 Å². The van der Waals surface area contributed by atoms with E-state index in [1.165, 1.54) is 12.3 Å². The van der Waals surface area contributed by atoms with Crippen LogP contribution in [0.15, 0.2) is 24.7 Å². The SMILES string of the molecule is O=C(c1cnc2ccnn2c1)C(F)(F)F. The molecule has 0 bridgehead atoms. The van der Waals surface area contributed by atoms with E-state index in [9.17, 15) is 18.0 Å². The number of aromatic nitrogens is 3. The van der Waals surface area contributed by atoms with Crippen molar-refractivity contribution in [2.45, 2.75) is 6.18 Å². The molecular formula is C8H4F3N3O.